The molecular formula is C22H26N2O2. The van der Waals surface area contributed by atoms with Gasteiger partial charge in [0.05, 0.1) is 7.11 Å². The number of amides is 1. The highest BCUT2D eigenvalue weighted by atomic mass is 16.5. The molecule has 0 radical (unpaired) electrons. The number of rotatable bonds is 4. The van der Waals surface area contributed by atoms with Crippen molar-refractivity contribution in [2.45, 2.75) is 25.8 Å². The number of ether oxygens (including phenoxy) is 1. The lowest BCUT2D eigenvalue weighted by molar-refractivity contribution is -0.123. The molecule has 26 heavy (non-hydrogen) atoms. The fourth-order valence-electron chi connectivity index (χ4n) is 4.15. The van der Waals surface area contributed by atoms with Crippen molar-refractivity contribution < 1.29 is 9.53 Å². The van der Waals surface area contributed by atoms with E-state index in [1.807, 2.05) is 23.1 Å². The van der Waals surface area contributed by atoms with Crippen LogP contribution in [0.4, 0.5) is 5.69 Å². The Morgan fingerprint density at radius 1 is 1.08 bits per heavy atom. The monoisotopic (exact) mass is 350 g/mol. The minimum atomic E-state index is 0.155. The van der Waals surface area contributed by atoms with Crippen LogP contribution in [0, 0.1) is 5.92 Å². The van der Waals surface area contributed by atoms with Gasteiger partial charge in [0.2, 0.25) is 5.91 Å². The van der Waals surface area contributed by atoms with E-state index in [1.165, 1.54) is 11.1 Å². The molecule has 2 aliphatic heterocycles. The fraction of sp³-hybridized carbons (Fsp3) is 0.409. The molecule has 0 aromatic heterocycles. The summed E-state index contributed by atoms with van der Waals surface area (Å²) in [5.41, 5.74) is 3.69. The molecule has 0 bridgehead atoms. The van der Waals surface area contributed by atoms with E-state index in [1.54, 1.807) is 7.11 Å². The lowest BCUT2D eigenvalue weighted by Gasteiger charge is -2.33. The van der Waals surface area contributed by atoms with Gasteiger partial charge in [0.1, 0.15) is 5.75 Å². The summed E-state index contributed by atoms with van der Waals surface area (Å²) in [4.78, 5) is 17.5. The first-order valence-electron chi connectivity index (χ1n) is 9.49. The van der Waals surface area contributed by atoms with Crippen molar-refractivity contribution in [2.24, 2.45) is 5.92 Å². The highest BCUT2D eigenvalue weighted by molar-refractivity contribution is 5.97. The summed E-state index contributed by atoms with van der Waals surface area (Å²) in [6.45, 7) is 3.71. The second-order valence-corrected chi connectivity index (χ2v) is 7.27. The van der Waals surface area contributed by atoms with Crippen LogP contribution >= 0.6 is 0 Å². The lowest BCUT2D eigenvalue weighted by Crippen LogP contribution is -2.41. The van der Waals surface area contributed by atoms with Crippen LogP contribution in [0.15, 0.2) is 48.5 Å². The number of fused-ring (bicyclic) bond motifs is 1. The molecule has 2 aliphatic rings. The predicted octanol–water partition coefficient (Wildman–Crippen LogP) is 3.50. The highest BCUT2D eigenvalue weighted by Gasteiger charge is 2.32. The molecule has 2 aromatic carbocycles. The Labute approximate surface area is 155 Å². The van der Waals surface area contributed by atoms with Crippen molar-refractivity contribution in [3.8, 4) is 5.75 Å². The molecule has 0 N–H and O–H groups in total. The maximum atomic E-state index is 13.0. The Balaban J connectivity index is 1.34. The number of carbonyl (C=O) groups excluding carboxylic acids is 1. The summed E-state index contributed by atoms with van der Waals surface area (Å²) < 4.78 is 5.31. The molecule has 1 fully saturated rings. The third-order valence-corrected chi connectivity index (χ3v) is 5.63. The highest BCUT2D eigenvalue weighted by Crippen LogP contribution is 2.31. The van der Waals surface area contributed by atoms with Gasteiger partial charge in [-0.15, -0.1) is 0 Å². The van der Waals surface area contributed by atoms with Gasteiger partial charge in [-0.1, -0.05) is 30.3 Å². The van der Waals surface area contributed by atoms with Crippen LogP contribution in [0.1, 0.15) is 24.0 Å². The summed E-state index contributed by atoms with van der Waals surface area (Å²) in [6.07, 6.45) is 2.87. The molecule has 0 spiro atoms. The second kappa shape index (κ2) is 7.50. The molecule has 0 saturated carbocycles. The van der Waals surface area contributed by atoms with Crippen LogP contribution in [-0.2, 0) is 17.8 Å². The number of hydrogen-bond acceptors (Lipinski definition) is 3. The van der Waals surface area contributed by atoms with Crippen molar-refractivity contribution in [3.63, 3.8) is 0 Å². The van der Waals surface area contributed by atoms with E-state index in [2.05, 4.69) is 35.2 Å². The van der Waals surface area contributed by atoms with Crippen molar-refractivity contribution in [3.05, 3.63) is 59.7 Å². The summed E-state index contributed by atoms with van der Waals surface area (Å²) in [5.74, 6) is 1.37. The zero-order valence-electron chi connectivity index (χ0n) is 15.4. The number of benzene rings is 2. The topological polar surface area (TPSA) is 32.8 Å². The Hall–Kier alpha value is -2.33. The van der Waals surface area contributed by atoms with E-state index >= 15 is 0 Å². The van der Waals surface area contributed by atoms with Gasteiger partial charge in [0.25, 0.3) is 0 Å². The van der Waals surface area contributed by atoms with Gasteiger partial charge in [-0.05, 0) is 61.7 Å². The number of nitrogens with zero attached hydrogens (tertiary/aromatic N) is 2. The summed E-state index contributed by atoms with van der Waals surface area (Å²) in [7, 11) is 1.70. The van der Waals surface area contributed by atoms with Gasteiger partial charge >= 0.3 is 0 Å². The number of likely N-dealkylation sites (tertiary alicyclic amines) is 1. The molecule has 0 unspecified atom stereocenters. The van der Waals surface area contributed by atoms with Gasteiger partial charge in [0.15, 0.2) is 0 Å². The zero-order chi connectivity index (χ0) is 17.9. The molecule has 2 aromatic rings. The number of anilines is 1. The number of piperidine rings is 1. The molecular weight excluding hydrogens is 324 g/mol. The average Bonchev–Trinajstić information content (AvgIpc) is 3.12. The van der Waals surface area contributed by atoms with Crippen LogP contribution in [-0.4, -0.2) is 37.6 Å². The fourth-order valence-corrected chi connectivity index (χ4v) is 4.15. The van der Waals surface area contributed by atoms with Crippen molar-refractivity contribution in [1.29, 1.82) is 0 Å². The molecule has 4 nitrogen and oxygen atoms in total. The van der Waals surface area contributed by atoms with Gasteiger partial charge in [0, 0.05) is 24.7 Å². The van der Waals surface area contributed by atoms with E-state index < -0.39 is 0 Å². The smallest absolute Gasteiger partial charge is 0.230 e. The first-order valence-corrected chi connectivity index (χ1v) is 9.49. The third-order valence-electron chi connectivity index (χ3n) is 5.63. The van der Waals surface area contributed by atoms with E-state index in [0.717, 1.165) is 56.9 Å². The largest absolute Gasteiger partial charge is 0.497 e. The van der Waals surface area contributed by atoms with Crippen LogP contribution in [0.25, 0.3) is 0 Å². The van der Waals surface area contributed by atoms with Gasteiger partial charge < -0.3 is 9.64 Å². The van der Waals surface area contributed by atoms with E-state index in [-0.39, 0.29) is 5.92 Å². The molecule has 1 amide bonds. The minimum absolute atomic E-state index is 0.155. The number of para-hydroxylation sites is 1. The summed E-state index contributed by atoms with van der Waals surface area (Å²) in [6, 6.07) is 16.6. The van der Waals surface area contributed by atoms with Crippen LogP contribution < -0.4 is 9.64 Å². The first-order chi connectivity index (χ1) is 12.7. The number of carbonyl (C=O) groups is 1. The predicted molar refractivity (Wildman–Crippen MR) is 103 cm³/mol. The van der Waals surface area contributed by atoms with Gasteiger partial charge in [-0.25, -0.2) is 0 Å². The number of hydrogen-bond donors (Lipinski definition) is 0. The van der Waals surface area contributed by atoms with Crippen LogP contribution in [0.5, 0.6) is 5.75 Å². The van der Waals surface area contributed by atoms with Gasteiger partial charge in [-0.3, -0.25) is 9.69 Å². The van der Waals surface area contributed by atoms with E-state index in [0.29, 0.717) is 5.91 Å². The molecule has 2 heterocycles. The Kier molecular flexibility index (Phi) is 4.93. The van der Waals surface area contributed by atoms with Crippen molar-refractivity contribution in [1.82, 2.24) is 4.90 Å². The maximum absolute atomic E-state index is 13.0. The normalized spacial score (nSPS) is 18.0. The Morgan fingerprint density at radius 2 is 1.88 bits per heavy atom. The standard InChI is InChI=1S/C22H26N2O2/c1-26-20-7-4-5-17(15-20)16-23-12-9-19(10-13-23)22(25)24-14-11-18-6-2-3-8-21(18)24/h2-8,15,19H,9-14,16H2,1H3. The maximum Gasteiger partial charge on any atom is 0.230 e. The average molecular weight is 350 g/mol. The van der Waals surface area contributed by atoms with Crippen LogP contribution in [0.3, 0.4) is 0 Å². The van der Waals surface area contributed by atoms with E-state index in [9.17, 15) is 4.79 Å². The van der Waals surface area contributed by atoms with Crippen molar-refractivity contribution >= 4 is 11.6 Å². The lowest BCUT2D eigenvalue weighted by atomic mass is 9.95. The number of methoxy groups -OCH3 is 1. The summed E-state index contributed by atoms with van der Waals surface area (Å²) >= 11 is 0. The summed E-state index contributed by atoms with van der Waals surface area (Å²) in [5, 5.41) is 0. The van der Waals surface area contributed by atoms with E-state index in [4.69, 9.17) is 4.74 Å². The second-order valence-electron chi connectivity index (χ2n) is 7.27. The Morgan fingerprint density at radius 3 is 2.69 bits per heavy atom. The minimum Gasteiger partial charge on any atom is -0.497 e. The third kappa shape index (κ3) is 3.47. The Bertz CT molecular complexity index is 781. The molecule has 4 heteroatoms. The quantitative estimate of drug-likeness (QED) is 0.846. The first kappa shape index (κ1) is 17.1. The molecule has 136 valence electrons. The zero-order valence-corrected chi connectivity index (χ0v) is 15.4. The molecule has 0 atom stereocenters. The molecule has 1 saturated heterocycles. The molecule has 0 aliphatic carbocycles. The van der Waals surface area contributed by atoms with Crippen molar-refractivity contribution in [2.75, 3.05) is 31.6 Å². The van der Waals surface area contributed by atoms with Crippen LogP contribution in [0.2, 0.25) is 0 Å². The molecule has 4 rings (SSSR count). The SMILES string of the molecule is COc1cccc(CN2CCC(C(=O)N3CCc4ccccc43)CC2)c1. The van der Waals surface area contributed by atoms with Gasteiger partial charge in [-0.2, -0.15) is 0 Å².